The van der Waals surface area contributed by atoms with Crippen molar-refractivity contribution in [1.82, 2.24) is 5.32 Å². The fraction of sp³-hybridized carbons (Fsp3) is 0.208. The van der Waals surface area contributed by atoms with Crippen LogP contribution in [0.2, 0.25) is 5.02 Å². The van der Waals surface area contributed by atoms with Gasteiger partial charge in [-0.15, -0.1) is 0 Å². The number of carbonyl (C=O) groups excluding carboxylic acids is 1. The minimum atomic E-state index is -4.04. The molecule has 0 saturated carbocycles. The molecule has 6 nitrogen and oxygen atoms in total. The number of aryl methyl sites for hydroxylation is 1. The van der Waals surface area contributed by atoms with E-state index in [1.807, 2.05) is 38.1 Å². The van der Waals surface area contributed by atoms with Crippen molar-refractivity contribution in [3.63, 3.8) is 0 Å². The van der Waals surface area contributed by atoms with Crippen molar-refractivity contribution in [3.8, 4) is 5.75 Å². The van der Waals surface area contributed by atoms with Crippen LogP contribution in [0.25, 0.3) is 0 Å². The van der Waals surface area contributed by atoms with E-state index in [-0.39, 0.29) is 10.9 Å². The lowest BCUT2D eigenvalue weighted by Gasteiger charge is -2.25. The maximum Gasteiger partial charge on any atom is 0.264 e. The lowest BCUT2D eigenvalue weighted by atomic mass is 10.1. The van der Waals surface area contributed by atoms with Gasteiger partial charge in [0.25, 0.3) is 10.0 Å². The zero-order chi connectivity index (χ0) is 23.3. The average molecular weight is 473 g/mol. The number of anilines is 1. The van der Waals surface area contributed by atoms with Crippen LogP contribution in [-0.2, 0) is 14.8 Å². The number of nitrogens with zero attached hydrogens (tertiary/aromatic N) is 1. The number of carbonyl (C=O) groups is 1. The number of hydrogen-bond acceptors (Lipinski definition) is 4. The van der Waals surface area contributed by atoms with Crippen LogP contribution in [0, 0.1) is 6.92 Å². The molecule has 32 heavy (non-hydrogen) atoms. The molecule has 0 aromatic heterocycles. The van der Waals surface area contributed by atoms with Crippen LogP contribution in [0.3, 0.4) is 0 Å². The highest BCUT2D eigenvalue weighted by Crippen LogP contribution is 2.27. The van der Waals surface area contributed by atoms with Crippen molar-refractivity contribution < 1.29 is 17.9 Å². The number of rotatable bonds is 8. The molecule has 0 saturated heterocycles. The molecule has 0 fully saturated rings. The molecule has 0 radical (unpaired) electrons. The van der Waals surface area contributed by atoms with E-state index in [1.54, 1.807) is 30.3 Å². The molecule has 0 heterocycles. The summed E-state index contributed by atoms with van der Waals surface area (Å²) in [6.07, 6.45) is 0. The van der Waals surface area contributed by atoms with E-state index in [0.717, 1.165) is 15.4 Å². The smallest absolute Gasteiger partial charge is 0.264 e. The second kappa shape index (κ2) is 10.1. The highest BCUT2D eigenvalue weighted by Gasteiger charge is 2.28. The summed E-state index contributed by atoms with van der Waals surface area (Å²) in [6, 6.07) is 19.9. The van der Waals surface area contributed by atoms with Crippen LogP contribution in [0.5, 0.6) is 5.75 Å². The van der Waals surface area contributed by atoms with E-state index >= 15 is 0 Å². The maximum atomic E-state index is 13.4. The Morgan fingerprint density at radius 1 is 1.06 bits per heavy atom. The Balaban J connectivity index is 1.89. The summed E-state index contributed by atoms with van der Waals surface area (Å²) in [4.78, 5) is 12.9. The fourth-order valence-electron chi connectivity index (χ4n) is 3.18. The largest absolute Gasteiger partial charge is 0.497 e. The molecule has 8 heteroatoms. The van der Waals surface area contributed by atoms with Gasteiger partial charge in [-0.2, -0.15) is 0 Å². The number of ether oxygens (including phenoxy) is 1. The SMILES string of the molecule is COc1ccc(S(=O)(=O)N(CC(=O)NC(C)c2ccc(C)cc2)c2cccc(Cl)c2)cc1. The second-order valence-corrected chi connectivity index (χ2v) is 9.67. The van der Waals surface area contributed by atoms with E-state index in [4.69, 9.17) is 16.3 Å². The molecular weight excluding hydrogens is 448 g/mol. The number of halogens is 1. The Hall–Kier alpha value is -3.03. The molecule has 0 bridgehead atoms. The van der Waals surface area contributed by atoms with Crippen molar-refractivity contribution in [3.05, 3.63) is 88.9 Å². The zero-order valence-electron chi connectivity index (χ0n) is 18.1. The second-order valence-electron chi connectivity index (χ2n) is 7.37. The standard InChI is InChI=1S/C24H25ClN2O4S/c1-17-7-9-19(10-8-17)18(2)26-24(28)16-27(21-6-4-5-20(25)15-21)32(29,30)23-13-11-22(31-3)12-14-23/h4-15,18H,16H2,1-3H3,(H,26,28). The monoisotopic (exact) mass is 472 g/mol. The van der Waals surface area contributed by atoms with E-state index in [2.05, 4.69) is 5.32 Å². The molecule has 3 rings (SSSR count). The summed E-state index contributed by atoms with van der Waals surface area (Å²) < 4.78 is 33.0. The highest BCUT2D eigenvalue weighted by molar-refractivity contribution is 7.92. The summed E-state index contributed by atoms with van der Waals surface area (Å²) in [5, 5.41) is 3.24. The van der Waals surface area contributed by atoms with Gasteiger partial charge in [-0.25, -0.2) is 8.42 Å². The third kappa shape index (κ3) is 5.60. The van der Waals surface area contributed by atoms with Crippen LogP contribution in [0.15, 0.2) is 77.7 Å². The summed E-state index contributed by atoms with van der Waals surface area (Å²) >= 11 is 6.10. The van der Waals surface area contributed by atoms with Gasteiger partial charge in [0.2, 0.25) is 5.91 Å². The zero-order valence-corrected chi connectivity index (χ0v) is 19.7. The van der Waals surface area contributed by atoms with E-state index in [1.165, 1.54) is 25.3 Å². The van der Waals surface area contributed by atoms with Gasteiger partial charge < -0.3 is 10.1 Å². The van der Waals surface area contributed by atoms with Crippen LogP contribution in [0.4, 0.5) is 5.69 Å². The van der Waals surface area contributed by atoms with Gasteiger partial charge in [0.1, 0.15) is 12.3 Å². The van der Waals surface area contributed by atoms with E-state index in [9.17, 15) is 13.2 Å². The normalized spacial score (nSPS) is 12.1. The molecule has 0 aliphatic heterocycles. The van der Waals surface area contributed by atoms with Gasteiger partial charge in [0.15, 0.2) is 0 Å². The average Bonchev–Trinajstić information content (AvgIpc) is 2.77. The molecule has 0 aliphatic carbocycles. The first-order valence-corrected chi connectivity index (χ1v) is 11.8. The van der Waals surface area contributed by atoms with Gasteiger partial charge in [0, 0.05) is 5.02 Å². The topological polar surface area (TPSA) is 75.7 Å². The minimum Gasteiger partial charge on any atom is -0.497 e. The Kier molecular flexibility index (Phi) is 7.43. The summed E-state index contributed by atoms with van der Waals surface area (Å²) in [5.41, 5.74) is 2.34. The van der Waals surface area contributed by atoms with Gasteiger partial charge in [-0.1, -0.05) is 47.5 Å². The Bertz CT molecular complexity index is 1180. The highest BCUT2D eigenvalue weighted by atomic mass is 35.5. The van der Waals surface area contributed by atoms with Crippen molar-refractivity contribution >= 4 is 33.2 Å². The maximum absolute atomic E-state index is 13.4. The first-order valence-electron chi connectivity index (χ1n) is 9.99. The number of nitrogens with one attached hydrogen (secondary N) is 1. The molecule has 3 aromatic rings. The van der Waals surface area contributed by atoms with Crippen molar-refractivity contribution in [2.24, 2.45) is 0 Å². The molecule has 1 atom stereocenters. The molecule has 168 valence electrons. The van der Waals surface area contributed by atoms with Gasteiger partial charge >= 0.3 is 0 Å². The van der Waals surface area contributed by atoms with Gasteiger partial charge in [0.05, 0.1) is 23.7 Å². The summed E-state index contributed by atoms with van der Waals surface area (Å²) in [7, 11) is -2.54. The summed E-state index contributed by atoms with van der Waals surface area (Å²) in [5.74, 6) is 0.0954. The first-order chi connectivity index (χ1) is 15.2. The molecule has 1 N–H and O–H groups in total. The van der Waals surface area contributed by atoms with Gasteiger partial charge in [-0.05, 0) is 61.9 Å². The number of sulfonamides is 1. The predicted molar refractivity (Wildman–Crippen MR) is 127 cm³/mol. The minimum absolute atomic E-state index is 0.0395. The lowest BCUT2D eigenvalue weighted by molar-refractivity contribution is -0.120. The van der Waals surface area contributed by atoms with Crippen LogP contribution in [-0.4, -0.2) is 28.0 Å². The number of amides is 1. The number of methoxy groups -OCH3 is 1. The quantitative estimate of drug-likeness (QED) is 0.514. The number of hydrogen-bond donors (Lipinski definition) is 1. The van der Waals surface area contributed by atoms with Crippen molar-refractivity contribution in [2.45, 2.75) is 24.8 Å². The molecule has 0 aliphatic rings. The van der Waals surface area contributed by atoms with E-state index < -0.39 is 22.5 Å². The van der Waals surface area contributed by atoms with Crippen LogP contribution < -0.4 is 14.4 Å². The predicted octanol–water partition coefficient (Wildman–Crippen LogP) is 4.73. The van der Waals surface area contributed by atoms with Gasteiger partial charge in [-0.3, -0.25) is 9.10 Å². The third-order valence-electron chi connectivity index (χ3n) is 4.99. The van der Waals surface area contributed by atoms with Crippen molar-refractivity contribution in [2.75, 3.05) is 18.0 Å². The Labute approximate surface area is 193 Å². The lowest BCUT2D eigenvalue weighted by Crippen LogP contribution is -2.41. The van der Waals surface area contributed by atoms with Crippen LogP contribution in [0.1, 0.15) is 24.1 Å². The molecule has 1 unspecified atom stereocenters. The number of benzene rings is 3. The van der Waals surface area contributed by atoms with Crippen LogP contribution >= 0.6 is 11.6 Å². The molecule has 1 amide bonds. The molecule has 3 aromatic carbocycles. The fourth-order valence-corrected chi connectivity index (χ4v) is 4.77. The molecule has 0 spiro atoms. The van der Waals surface area contributed by atoms with E-state index in [0.29, 0.717) is 16.5 Å². The first kappa shape index (κ1) is 23.6. The third-order valence-corrected chi connectivity index (χ3v) is 7.01. The Morgan fingerprint density at radius 2 is 1.72 bits per heavy atom. The summed E-state index contributed by atoms with van der Waals surface area (Å²) in [6.45, 7) is 3.44. The molecular formula is C24H25ClN2O4S. The van der Waals surface area contributed by atoms with Crippen molar-refractivity contribution in [1.29, 1.82) is 0 Å². The Morgan fingerprint density at radius 3 is 2.31 bits per heavy atom.